The van der Waals surface area contributed by atoms with Crippen molar-refractivity contribution >= 4 is 5.97 Å². The molecule has 3 nitrogen and oxygen atoms in total. The van der Waals surface area contributed by atoms with E-state index in [1.807, 2.05) is 6.92 Å². The van der Waals surface area contributed by atoms with Crippen molar-refractivity contribution in [2.75, 3.05) is 0 Å². The van der Waals surface area contributed by atoms with E-state index in [9.17, 15) is 4.79 Å². The first kappa shape index (κ1) is 9.95. The number of hydrogen-bond acceptors (Lipinski definition) is 3. The van der Waals surface area contributed by atoms with Crippen LogP contribution in [0, 0.1) is 0 Å². The molecule has 0 bridgehead atoms. The molecule has 1 unspecified atom stereocenters. The predicted octanol–water partition coefficient (Wildman–Crippen LogP) is 0.989. The van der Waals surface area contributed by atoms with Gasteiger partial charge in [-0.3, -0.25) is 0 Å². The summed E-state index contributed by atoms with van der Waals surface area (Å²) in [6, 6.07) is 0. The van der Waals surface area contributed by atoms with Gasteiger partial charge in [0.1, 0.15) is 0 Å². The van der Waals surface area contributed by atoms with Gasteiger partial charge in [0.2, 0.25) is 0 Å². The number of ether oxygens (including phenoxy) is 1. The number of aliphatic hydroxyl groups is 1. The number of carbonyl (C=O) groups excluding carboxylic acids is 1. The lowest BCUT2D eigenvalue weighted by Crippen LogP contribution is -2.10. The van der Waals surface area contributed by atoms with Gasteiger partial charge in [0.25, 0.3) is 0 Å². The van der Waals surface area contributed by atoms with Gasteiger partial charge >= 0.3 is 5.97 Å². The Balaban J connectivity index is 3.78. The molecule has 0 aliphatic rings. The number of hydrogen-bond donors (Lipinski definition) is 1. The molecule has 0 rings (SSSR count). The van der Waals surface area contributed by atoms with E-state index in [0.717, 1.165) is 12.5 Å². The van der Waals surface area contributed by atoms with Crippen LogP contribution in [0.25, 0.3) is 0 Å². The number of carbonyl (C=O) groups is 1. The second-order valence-corrected chi connectivity index (χ2v) is 1.96. The molecule has 0 aliphatic carbocycles. The maximum atomic E-state index is 10.6. The third kappa shape index (κ3) is 6.84. The van der Waals surface area contributed by atoms with Gasteiger partial charge in [0, 0.05) is 0 Å². The van der Waals surface area contributed by atoms with E-state index in [-0.39, 0.29) is 0 Å². The summed E-state index contributed by atoms with van der Waals surface area (Å²) < 4.78 is 4.38. The molecule has 62 valence electrons. The Hall–Kier alpha value is -1.05. The molecule has 0 aromatic carbocycles. The molecule has 0 amide bonds. The minimum atomic E-state index is -1.05. The molecule has 0 saturated carbocycles. The summed E-state index contributed by atoms with van der Waals surface area (Å²) in [6.45, 7) is 3.30. The smallest absolute Gasteiger partial charge is 0.340 e. The van der Waals surface area contributed by atoms with Crippen molar-refractivity contribution in [2.45, 2.75) is 26.6 Å². The van der Waals surface area contributed by atoms with Crippen LogP contribution in [0.1, 0.15) is 20.3 Å². The number of rotatable bonds is 3. The fraction of sp³-hybridized carbons (Fsp3) is 0.500. The minimum absolute atomic E-state index is 0.579. The summed E-state index contributed by atoms with van der Waals surface area (Å²) >= 11 is 0. The van der Waals surface area contributed by atoms with Crippen LogP contribution in [-0.2, 0) is 9.53 Å². The van der Waals surface area contributed by atoms with E-state index in [2.05, 4.69) is 10.5 Å². The third-order valence-corrected chi connectivity index (χ3v) is 0.810. The van der Waals surface area contributed by atoms with E-state index in [0.29, 0.717) is 0 Å². The lowest BCUT2D eigenvalue weighted by molar-refractivity contribution is -0.158. The quantitative estimate of drug-likeness (QED) is 0.287. The highest BCUT2D eigenvalue weighted by Crippen LogP contribution is 1.86. The molecule has 11 heavy (non-hydrogen) atoms. The van der Waals surface area contributed by atoms with Crippen molar-refractivity contribution < 1.29 is 14.6 Å². The molecule has 0 saturated heterocycles. The predicted molar refractivity (Wildman–Crippen MR) is 40.7 cm³/mol. The van der Waals surface area contributed by atoms with Gasteiger partial charge in [-0.15, -0.1) is 5.73 Å². The van der Waals surface area contributed by atoms with Crippen molar-refractivity contribution in [3.63, 3.8) is 0 Å². The lowest BCUT2D eigenvalue weighted by Gasteiger charge is -2.01. The standard InChI is InChI=1S/C8H12O3/c1-3-4-5-6-8(10)11-7(2)9/h4,6-7,9H,3H2,1-2H3. The SMILES string of the molecule is CCC=C=CC(=O)OC(C)O. The molecule has 0 heterocycles. The highest BCUT2D eigenvalue weighted by molar-refractivity contribution is 5.81. The number of aliphatic hydroxyl groups excluding tert-OH is 1. The van der Waals surface area contributed by atoms with Crippen molar-refractivity contribution in [3.05, 3.63) is 17.9 Å². The average Bonchev–Trinajstić information content (AvgIpc) is 1.86. The number of esters is 1. The summed E-state index contributed by atoms with van der Waals surface area (Å²) in [6.07, 6.45) is 2.61. The summed E-state index contributed by atoms with van der Waals surface area (Å²) in [5.74, 6) is -0.579. The van der Waals surface area contributed by atoms with Crippen LogP contribution in [0.3, 0.4) is 0 Å². The van der Waals surface area contributed by atoms with Crippen molar-refractivity contribution in [2.24, 2.45) is 0 Å². The van der Waals surface area contributed by atoms with Gasteiger partial charge < -0.3 is 9.84 Å². The fourth-order valence-electron chi connectivity index (χ4n) is 0.447. The van der Waals surface area contributed by atoms with Gasteiger partial charge in [-0.05, 0) is 19.4 Å². The van der Waals surface area contributed by atoms with Gasteiger partial charge in [-0.1, -0.05) is 6.92 Å². The van der Waals surface area contributed by atoms with E-state index in [1.54, 1.807) is 6.08 Å². The molecule has 0 radical (unpaired) electrons. The Bertz CT molecular complexity index is 176. The fourth-order valence-corrected chi connectivity index (χ4v) is 0.447. The molecule has 3 heteroatoms. The maximum absolute atomic E-state index is 10.6. The van der Waals surface area contributed by atoms with E-state index >= 15 is 0 Å². The summed E-state index contributed by atoms with van der Waals surface area (Å²) in [7, 11) is 0. The van der Waals surface area contributed by atoms with Gasteiger partial charge in [-0.25, -0.2) is 4.79 Å². The first-order valence-corrected chi connectivity index (χ1v) is 3.46. The van der Waals surface area contributed by atoms with Gasteiger partial charge in [0.05, 0.1) is 6.08 Å². The second kappa shape index (κ2) is 5.71. The Kier molecular flexibility index (Phi) is 5.17. The van der Waals surface area contributed by atoms with Gasteiger partial charge in [0.15, 0.2) is 6.29 Å². The monoisotopic (exact) mass is 156 g/mol. The van der Waals surface area contributed by atoms with Crippen LogP contribution in [-0.4, -0.2) is 17.4 Å². The Morgan fingerprint density at radius 1 is 1.82 bits per heavy atom. The Morgan fingerprint density at radius 2 is 2.45 bits per heavy atom. The van der Waals surface area contributed by atoms with Gasteiger partial charge in [-0.2, -0.15) is 0 Å². The van der Waals surface area contributed by atoms with Crippen LogP contribution >= 0.6 is 0 Å². The van der Waals surface area contributed by atoms with Crippen molar-refractivity contribution in [3.8, 4) is 0 Å². The molecular formula is C8H12O3. The normalized spacial score (nSPS) is 11.2. The average molecular weight is 156 g/mol. The maximum Gasteiger partial charge on any atom is 0.340 e. The van der Waals surface area contributed by atoms with Crippen LogP contribution in [0.5, 0.6) is 0 Å². The molecule has 1 atom stereocenters. The second-order valence-electron chi connectivity index (χ2n) is 1.96. The Morgan fingerprint density at radius 3 is 2.91 bits per heavy atom. The first-order valence-electron chi connectivity index (χ1n) is 3.46. The first-order chi connectivity index (χ1) is 5.16. The Labute approximate surface area is 66.0 Å². The summed E-state index contributed by atoms with van der Waals surface area (Å²) in [4.78, 5) is 10.6. The summed E-state index contributed by atoms with van der Waals surface area (Å²) in [5, 5.41) is 8.58. The van der Waals surface area contributed by atoms with Crippen LogP contribution in [0.15, 0.2) is 17.9 Å². The van der Waals surface area contributed by atoms with E-state index < -0.39 is 12.3 Å². The minimum Gasteiger partial charge on any atom is -0.433 e. The van der Waals surface area contributed by atoms with Crippen LogP contribution in [0.2, 0.25) is 0 Å². The van der Waals surface area contributed by atoms with Crippen LogP contribution in [0.4, 0.5) is 0 Å². The third-order valence-electron chi connectivity index (χ3n) is 0.810. The molecular weight excluding hydrogens is 144 g/mol. The zero-order valence-electron chi connectivity index (χ0n) is 6.70. The highest BCUT2D eigenvalue weighted by atomic mass is 16.6. The lowest BCUT2D eigenvalue weighted by atomic mass is 10.4. The molecule has 0 spiro atoms. The topological polar surface area (TPSA) is 46.5 Å². The largest absolute Gasteiger partial charge is 0.433 e. The summed E-state index contributed by atoms with van der Waals surface area (Å²) in [5.41, 5.74) is 2.60. The zero-order chi connectivity index (χ0) is 8.69. The molecule has 0 fully saturated rings. The molecule has 0 aliphatic heterocycles. The van der Waals surface area contributed by atoms with Crippen molar-refractivity contribution in [1.29, 1.82) is 0 Å². The van der Waals surface area contributed by atoms with Crippen LogP contribution < -0.4 is 0 Å². The van der Waals surface area contributed by atoms with E-state index in [4.69, 9.17) is 5.11 Å². The molecule has 0 aromatic heterocycles. The molecule has 1 N–H and O–H groups in total. The zero-order valence-corrected chi connectivity index (χ0v) is 6.70. The highest BCUT2D eigenvalue weighted by Gasteiger charge is 1.99. The van der Waals surface area contributed by atoms with Crippen molar-refractivity contribution in [1.82, 2.24) is 0 Å². The molecule has 0 aromatic rings. The van der Waals surface area contributed by atoms with E-state index in [1.165, 1.54) is 6.92 Å².